The molecule has 0 saturated carbocycles. The van der Waals surface area contributed by atoms with Gasteiger partial charge in [-0.3, -0.25) is 0 Å². The number of nitrogens with zero attached hydrogens (tertiary/aromatic N) is 2. The second-order valence-corrected chi connectivity index (χ2v) is 15.6. The van der Waals surface area contributed by atoms with Gasteiger partial charge in [0.15, 0.2) is 5.82 Å². The molecule has 0 bridgehead atoms. The van der Waals surface area contributed by atoms with E-state index in [0.29, 0.717) is 5.82 Å². The third kappa shape index (κ3) is 5.97. The summed E-state index contributed by atoms with van der Waals surface area (Å²) in [6, 6.07) is 74.0. The molecule has 3 heteroatoms. The fourth-order valence-electron chi connectivity index (χ4n) is 8.30. The monoisotopic (exact) mass is 742 g/mol. The lowest BCUT2D eigenvalue weighted by molar-refractivity contribution is 1.18. The Hall–Kier alpha value is -7.20. The lowest BCUT2D eigenvalue weighted by Gasteiger charge is -2.15. The van der Waals surface area contributed by atoms with Gasteiger partial charge < -0.3 is 0 Å². The molecule has 266 valence electrons. The molecule has 0 aliphatic rings. The number of hydrogen-bond donors (Lipinski definition) is 0. The van der Waals surface area contributed by atoms with Crippen molar-refractivity contribution in [1.29, 1.82) is 0 Å². The highest BCUT2D eigenvalue weighted by Gasteiger charge is 2.17. The zero-order valence-electron chi connectivity index (χ0n) is 30.9. The highest BCUT2D eigenvalue weighted by Crippen LogP contribution is 2.43. The molecule has 2 aromatic heterocycles. The molecular weight excluding hydrogens is 709 g/mol. The molecule has 0 unspecified atom stereocenters. The maximum atomic E-state index is 5.32. The first-order valence-electron chi connectivity index (χ1n) is 19.3. The molecule has 0 fully saturated rings. The largest absolute Gasteiger partial charge is 0.228 e. The standard InChI is InChI=1S/C54H34N2S/c1-2-15-39(16-3-1)54-55-50(38-29-27-37(28-30-38)45-22-10-17-35-13-4-6-19-43(35)45)34-51(56-54)42-32-40(46-23-11-18-36-14-5-7-20-44(36)46)31-41(33-42)47-24-12-25-49-48-21-8-9-26-52(48)57-53(47)49/h1-34H. The van der Waals surface area contributed by atoms with E-state index in [1.165, 1.54) is 64.0 Å². The highest BCUT2D eigenvalue weighted by atomic mass is 32.1. The van der Waals surface area contributed by atoms with Crippen molar-refractivity contribution in [2.75, 3.05) is 0 Å². The number of thiophene rings is 1. The van der Waals surface area contributed by atoms with Gasteiger partial charge >= 0.3 is 0 Å². The van der Waals surface area contributed by atoms with Gasteiger partial charge in [-0.1, -0.05) is 176 Å². The van der Waals surface area contributed by atoms with Gasteiger partial charge in [0.25, 0.3) is 0 Å². The number of rotatable bonds is 6. The number of aromatic nitrogens is 2. The van der Waals surface area contributed by atoms with E-state index in [1.807, 2.05) is 17.4 Å². The lowest BCUT2D eigenvalue weighted by Crippen LogP contribution is -1.97. The van der Waals surface area contributed by atoms with Crippen LogP contribution in [0, 0.1) is 0 Å². The van der Waals surface area contributed by atoms with E-state index in [0.717, 1.165) is 39.2 Å². The summed E-state index contributed by atoms with van der Waals surface area (Å²) < 4.78 is 2.59. The van der Waals surface area contributed by atoms with Gasteiger partial charge in [-0.15, -0.1) is 11.3 Å². The van der Waals surface area contributed by atoms with Gasteiger partial charge in [-0.05, 0) is 85.3 Å². The topological polar surface area (TPSA) is 25.8 Å². The van der Waals surface area contributed by atoms with E-state index < -0.39 is 0 Å². The van der Waals surface area contributed by atoms with E-state index in [4.69, 9.17) is 9.97 Å². The molecule has 0 aliphatic heterocycles. The van der Waals surface area contributed by atoms with Crippen LogP contribution in [0.15, 0.2) is 206 Å². The summed E-state index contributed by atoms with van der Waals surface area (Å²) in [6.07, 6.45) is 0. The van der Waals surface area contributed by atoms with Crippen LogP contribution in [0.3, 0.4) is 0 Å². The quantitative estimate of drug-likeness (QED) is 0.170. The first kappa shape index (κ1) is 33.2. The second kappa shape index (κ2) is 13.8. The van der Waals surface area contributed by atoms with Gasteiger partial charge in [0.1, 0.15) is 0 Å². The summed E-state index contributed by atoms with van der Waals surface area (Å²) in [5.74, 6) is 0.699. The van der Waals surface area contributed by atoms with Crippen LogP contribution in [0.1, 0.15) is 0 Å². The average molecular weight is 743 g/mol. The van der Waals surface area contributed by atoms with E-state index in [-0.39, 0.29) is 0 Å². The Morgan fingerprint density at radius 2 is 0.789 bits per heavy atom. The Labute approximate surface area is 335 Å². The van der Waals surface area contributed by atoms with Crippen molar-refractivity contribution >= 4 is 53.1 Å². The zero-order chi connectivity index (χ0) is 37.7. The summed E-state index contributed by atoms with van der Waals surface area (Å²) in [6.45, 7) is 0. The van der Waals surface area contributed by atoms with Gasteiger partial charge in [-0.2, -0.15) is 0 Å². The summed E-state index contributed by atoms with van der Waals surface area (Å²) in [7, 11) is 0. The first-order chi connectivity index (χ1) is 28.2. The molecule has 0 radical (unpaired) electrons. The summed E-state index contributed by atoms with van der Waals surface area (Å²) in [5, 5.41) is 7.51. The molecule has 11 aromatic rings. The number of hydrogen-bond acceptors (Lipinski definition) is 3. The normalized spacial score (nSPS) is 11.5. The van der Waals surface area contributed by atoms with Crippen LogP contribution in [0.5, 0.6) is 0 Å². The third-order valence-electron chi connectivity index (χ3n) is 11.1. The minimum Gasteiger partial charge on any atom is -0.228 e. The SMILES string of the molecule is c1ccc(-c2nc(-c3ccc(-c4cccc5ccccc45)cc3)cc(-c3cc(-c4cccc5ccccc45)cc(-c4cccc5c4sc4ccccc45)c3)n2)cc1. The number of benzene rings is 9. The smallest absolute Gasteiger partial charge is 0.160 e. The maximum absolute atomic E-state index is 5.32. The van der Waals surface area contributed by atoms with Crippen LogP contribution < -0.4 is 0 Å². The molecule has 9 aromatic carbocycles. The predicted octanol–water partition coefficient (Wildman–Crippen LogP) is 15.2. The Balaban J connectivity index is 1.12. The minimum atomic E-state index is 0.699. The highest BCUT2D eigenvalue weighted by molar-refractivity contribution is 7.26. The minimum absolute atomic E-state index is 0.699. The van der Waals surface area contributed by atoms with Gasteiger partial charge in [0, 0.05) is 36.9 Å². The van der Waals surface area contributed by atoms with E-state index in [1.54, 1.807) is 0 Å². The Morgan fingerprint density at radius 3 is 1.51 bits per heavy atom. The summed E-state index contributed by atoms with van der Waals surface area (Å²) in [4.78, 5) is 10.5. The average Bonchev–Trinajstić information content (AvgIpc) is 3.68. The fraction of sp³-hybridized carbons (Fsp3) is 0. The van der Waals surface area contributed by atoms with Crippen molar-refractivity contribution < 1.29 is 0 Å². The van der Waals surface area contributed by atoms with Gasteiger partial charge in [0.05, 0.1) is 11.4 Å². The van der Waals surface area contributed by atoms with Crippen molar-refractivity contribution in [2.24, 2.45) is 0 Å². The summed E-state index contributed by atoms with van der Waals surface area (Å²) >= 11 is 1.86. The Morgan fingerprint density at radius 1 is 0.298 bits per heavy atom. The zero-order valence-corrected chi connectivity index (χ0v) is 31.7. The van der Waals surface area contributed by atoms with Crippen LogP contribution >= 0.6 is 11.3 Å². The molecule has 0 aliphatic carbocycles. The fourth-order valence-corrected chi connectivity index (χ4v) is 9.53. The third-order valence-corrected chi connectivity index (χ3v) is 12.3. The van der Waals surface area contributed by atoms with E-state index in [2.05, 4.69) is 200 Å². The molecule has 0 N–H and O–H groups in total. The molecule has 2 nitrogen and oxygen atoms in total. The van der Waals surface area contributed by atoms with E-state index in [9.17, 15) is 0 Å². The molecule has 0 spiro atoms. The molecule has 57 heavy (non-hydrogen) atoms. The Bertz CT molecular complexity index is 3280. The van der Waals surface area contributed by atoms with Crippen molar-refractivity contribution in [3.8, 4) is 67.3 Å². The van der Waals surface area contributed by atoms with Crippen molar-refractivity contribution in [3.05, 3.63) is 206 Å². The second-order valence-electron chi connectivity index (χ2n) is 14.5. The van der Waals surface area contributed by atoms with Gasteiger partial charge in [0.2, 0.25) is 0 Å². The van der Waals surface area contributed by atoms with Crippen LogP contribution in [-0.2, 0) is 0 Å². The molecular formula is C54H34N2S. The van der Waals surface area contributed by atoms with Crippen LogP contribution in [0.25, 0.3) is 109 Å². The van der Waals surface area contributed by atoms with Crippen molar-refractivity contribution in [3.63, 3.8) is 0 Å². The molecule has 2 heterocycles. The van der Waals surface area contributed by atoms with Crippen LogP contribution in [0.2, 0.25) is 0 Å². The molecule has 0 atom stereocenters. The molecule has 11 rings (SSSR count). The van der Waals surface area contributed by atoms with E-state index >= 15 is 0 Å². The maximum Gasteiger partial charge on any atom is 0.160 e. The lowest BCUT2D eigenvalue weighted by atomic mass is 9.91. The van der Waals surface area contributed by atoms with Crippen molar-refractivity contribution in [1.82, 2.24) is 9.97 Å². The molecule has 0 saturated heterocycles. The van der Waals surface area contributed by atoms with Crippen molar-refractivity contribution in [2.45, 2.75) is 0 Å². The van der Waals surface area contributed by atoms with Crippen LogP contribution in [-0.4, -0.2) is 9.97 Å². The van der Waals surface area contributed by atoms with Crippen LogP contribution in [0.4, 0.5) is 0 Å². The Kier molecular flexibility index (Phi) is 8.04. The first-order valence-corrected chi connectivity index (χ1v) is 20.1. The molecule has 0 amide bonds. The number of fused-ring (bicyclic) bond motifs is 5. The predicted molar refractivity (Wildman–Crippen MR) is 243 cm³/mol. The van der Waals surface area contributed by atoms with Gasteiger partial charge in [-0.25, -0.2) is 9.97 Å². The summed E-state index contributed by atoms with van der Waals surface area (Å²) in [5.41, 5.74) is 12.0.